The maximum absolute atomic E-state index is 5.40. The van der Waals surface area contributed by atoms with Gasteiger partial charge in [0.05, 0.1) is 12.9 Å². The van der Waals surface area contributed by atoms with E-state index in [1.54, 1.807) is 0 Å². The third-order valence-corrected chi connectivity index (χ3v) is 4.22. The molecule has 0 aromatic carbocycles. The molecule has 2 bridgehead atoms. The molecule has 0 aromatic rings. The molecule has 0 radical (unpaired) electrons. The minimum atomic E-state index is 0.584. The third-order valence-electron chi connectivity index (χ3n) is 4.22. The first-order valence-corrected chi connectivity index (χ1v) is 5.18. The van der Waals surface area contributed by atoms with Gasteiger partial charge in [0.1, 0.15) is 0 Å². The molecular weight excluding hydrogens is 148 g/mol. The van der Waals surface area contributed by atoms with Crippen LogP contribution in [0, 0.1) is 17.3 Å². The predicted octanol–water partition coefficient (Wildman–Crippen LogP) is 2.73. The molecular formula is C11H16O. The maximum Gasteiger partial charge on any atom is 0.0909 e. The van der Waals surface area contributed by atoms with Crippen molar-refractivity contribution in [3.63, 3.8) is 0 Å². The van der Waals surface area contributed by atoms with Crippen LogP contribution in [0.4, 0.5) is 0 Å². The standard InChI is InChI=1S/C11H16O/c1-2-10-8-12-6-5-11(10)4-3-9(1)7-11/h5-6,9-10H,1-4,7-8H2. The van der Waals surface area contributed by atoms with E-state index < -0.39 is 0 Å². The summed E-state index contributed by atoms with van der Waals surface area (Å²) in [5.74, 6) is 1.89. The molecule has 1 spiro atoms. The van der Waals surface area contributed by atoms with Gasteiger partial charge in [0.15, 0.2) is 0 Å². The molecule has 2 aliphatic carbocycles. The second kappa shape index (κ2) is 2.27. The minimum Gasteiger partial charge on any atom is -0.501 e. The summed E-state index contributed by atoms with van der Waals surface area (Å²) in [6.07, 6.45) is 11.5. The molecule has 12 heavy (non-hydrogen) atoms. The van der Waals surface area contributed by atoms with Crippen molar-refractivity contribution in [2.75, 3.05) is 6.61 Å². The number of allylic oxidation sites excluding steroid dienone is 1. The first-order chi connectivity index (χ1) is 5.89. The van der Waals surface area contributed by atoms with Gasteiger partial charge in [0, 0.05) is 5.92 Å². The number of ether oxygens (including phenoxy) is 1. The van der Waals surface area contributed by atoms with Crippen LogP contribution in [0.3, 0.4) is 0 Å². The van der Waals surface area contributed by atoms with Crippen LogP contribution in [-0.4, -0.2) is 6.61 Å². The van der Waals surface area contributed by atoms with Crippen LogP contribution in [0.15, 0.2) is 12.3 Å². The van der Waals surface area contributed by atoms with Crippen molar-refractivity contribution in [1.82, 2.24) is 0 Å². The zero-order chi connectivity index (χ0) is 8.02. The van der Waals surface area contributed by atoms with Crippen LogP contribution < -0.4 is 0 Å². The van der Waals surface area contributed by atoms with E-state index >= 15 is 0 Å². The fraction of sp³-hybridized carbons (Fsp3) is 0.818. The fourth-order valence-electron chi connectivity index (χ4n) is 3.45. The van der Waals surface area contributed by atoms with Crippen LogP contribution in [0.2, 0.25) is 0 Å². The van der Waals surface area contributed by atoms with Gasteiger partial charge in [0.25, 0.3) is 0 Å². The third kappa shape index (κ3) is 0.797. The summed E-state index contributed by atoms with van der Waals surface area (Å²) >= 11 is 0. The summed E-state index contributed by atoms with van der Waals surface area (Å²) in [6.45, 7) is 0.989. The Morgan fingerprint density at radius 1 is 1.25 bits per heavy atom. The van der Waals surface area contributed by atoms with Crippen molar-refractivity contribution < 1.29 is 4.74 Å². The van der Waals surface area contributed by atoms with Gasteiger partial charge in [-0.2, -0.15) is 0 Å². The lowest BCUT2D eigenvalue weighted by Gasteiger charge is -2.40. The molecule has 1 heterocycles. The average Bonchev–Trinajstić information content (AvgIpc) is 2.43. The number of hydrogen-bond acceptors (Lipinski definition) is 1. The van der Waals surface area contributed by atoms with E-state index in [9.17, 15) is 0 Å². The van der Waals surface area contributed by atoms with E-state index in [4.69, 9.17) is 4.74 Å². The Bertz CT molecular complexity index is 221. The van der Waals surface area contributed by atoms with Gasteiger partial charge in [-0.05, 0) is 49.5 Å². The SMILES string of the molecule is C1=CC23CCC(CCC2CO1)C3. The molecule has 66 valence electrons. The lowest BCUT2D eigenvalue weighted by atomic mass is 9.67. The van der Waals surface area contributed by atoms with Crippen molar-refractivity contribution in [3.05, 3.63) is 12.3 Å². The molecule has 1 heteroatoms. The maximum atomic E-state index is 5.40. The van der Waals surface area contributed by atoms with Crippen molar-refractivity contribution in [1.29, 1.82) is 0 Å². The Kier molecular flexibility index (Phi) is 1.32. The van der Waals surface area contributed by atoms with E-state index in [-0.39, 0.29) is 0 Å². The Balaban J connectivity index is 1.97. The Labute approximate surface area is 73.8 Å². The highest BCUT2D eigenvalue weighted by atomic mass is 16.5. The predicted molar refractivity (Wildman–Crippen MR) is 47.6 cm³/mol. The van der Waals surface area contributed by atoms with Crippen LogP contribution in [0.25, 0.3) is 0 Å². The van der Waals surface area contributed by atoms with Gasteiger partial charge < -0.3 is 4.74 Å². The molecule has 0 saturated heterocycles. The van der Waals surface area contributed by atoms with E-state index in [0.29, 0.717) is 5.41 Å². The molecule has 3 unspecified atom stereocenters. The normalized spacial score (nSPS) is 50.0. The van der Waals surface area contributed by atoms with Crippen LogP contribution >= 0.6 is 0 Å². The highest BCUT2D eigenvalue weighted by Crippen LogP contribution is 2.56. The lowest BCUT2D eigenvalue weighted by Crippen LogP contribution is -2.34. The average molecular weight is 164 g/mol. The Morgan fingerprint density at radius 3 is 3.25 bits per heavy atom. The second-order valence-electron chi connectivity index (χ2n) is 4.75. The Morgan fingerprint density at radius 2 is 2.25 bits per heavy atom. The summed E-state index contributed by atoms with van der Waals surface area (Å²) < 4.78 is 5.40. The van der Waals surface area contributed by atoms with Crippen LogP contribution in [0.1, 0.15) is 32.1 Å². The van der Waals surface area contributed by atoms with Gasteiger partial charge in [-0.3, -0.25) is 0 Å². The zero-order valence-electron chi connectivity index (χ0n) is 7.46. The molecule has 1 aliphatic heterocycles. The second-order valence-corrected chi connectivity index (χ2v) is 4.75. The summed E-state index contributed by atoms with van der Waals surface area (Å²) in [6, 6.07) is 0. The van der Waals surface area contributed by atoms with Gasteiger partial charge >= 0.3 is 0 Å². The monoisotopic (exact) mass is 164 g/mol. The van der Waals surface area contributed by atoms with Gasteiger partial charge in [-0.15, -0.1) is 0 Å². The van der Waals surface area contributed by atoms with Crippen LogP contribution in [0.5, 0.6) is 0 Å². The summed E-state index contributed by atoms with van der Waals surface area (Å²) in [4.78, 5) is 0. The fourth-order valence-corrected chi connectivity index (χ4v) is 3.45. The molecule has 2 saturated carbocycles. The van der Waals surface area contributed by atoms with Crippen molar-refractivity contribution in [2.45, 2.75) is 32.1 Å². The van der Waals surface area contributed by atoms with Gasteiger partial charge in [0.2, 0.25) is 0 Å². The molecule has 0 amide bonds. The Hall–Kier alpha value is -0.460. The molecule has 0 aromatic heterocycles. The van der Waals surface area contributed by atoms with Gasteiger partial charge in [-0.25, -0.2) is 0 Å². The molecule has 3 aliphatic rings. The van der Waals surface area contributed by atoms with E-state index in [1.165, 1.54) is 32.1 Å². The number of rotatable bonds is 0. The van der Waals surface area contributed by atoms with Crippen molar-refractivity contribution in [3.8, 4) is 0 Å². The zero-order valence-corrected chi connectivity index (χ0v) is 7.46. The molecule has 2 fully saturated rings. The molecule has 0 N–H and O–H groups in total. The largest absolute Gasteiger partial charge is 0.501 e. The summed E-state index contributed by atoms with van der Waals surface area (Å²) in [7, 11) is 0. The highest BCUT2D eigenvalue weighted by molar-refractivity contribution is 5.10. The molecule has 3 atom stereocenters. The van der Waals surface area contributed by atoms with Crippen molar-refractivity contribution >= 4 is 0 Å². The van der Waals surface area contributed by atoms with E-state index in [1.807, 2.05) is 6.26 Å². The smallest absolute Gasteiger partial charge is 0.0909 e. The molecule has 1 nitrogen and oxygen atoms in total. The highest BCUT2D eigenvalue weighted by Gasteiger charge is 2.47. The summed E-state index contributed by atoms with van der Waals surface area (Å²) in [5.41, 5.74) is 0.584. The summed E-state index contributed by atoms with van der Waals surface area (Å²) in [5, 5.41) is 0. The van der Waals surface area contributed by atoms with Gasteiger partial charge in [-0.1, -0.05) is 0 Å². The van der Waals surface area contributed by atoms with Crippen LogP contribution in [-0.2, 0) is 4.74 Å². The topological polar surface area (TPSA) is 9.23 Å². The van der Waals surface area contributed by atoms with E-state index in [2.05, 4.69) is 6.08 Å². The number of fused-ring (bicyclic) bond motifs is 1. The van der Waals surface area contributed by atoms with Crippen molar-refractivity contribution in [2.24, 2.45) is 17.3 Å². The molecule has 3 rings (SSSR count). The first kappa shape index (κ1) is 6.99. The quantitative estimate of drug-likeness (QED) is 0.535. The minimum absolute atomic E-state index is 0.584. The first-order valence-electron chi connectivity index (χ1n) is 5.18. The lowest BCUT2D eigenvalue weighted by molar-refractivity contribution is 0.0567. The van der Waals surface area contributed by atoms with E-state index in [0.717, 1.165) is 18.4 Å². The number of hydrogen-bond donors (Lipinski definition) is 0.